The van der Waals surface area contributed by atoms with Crippen LogP contribution in [-0.4, -0.2) is 61.5 Å². The van der Waals surface area contributed by atoms with Crippen LogP contribution in [0.25, 0.3) is 0 Å². The highest BCUT2D eigenvalue weighted by Crippen LogP contribution is 2.17. The molecule has 1 N–H and O–H groups in total. The van der Waals surface area contributed by atoms with E-state index < -0.39 is 10.0 Å². The Morgan fingerprint density at radius 3 is 2.59 bits per heavy atom. The minimum absolute atomic E-state index is 0. The van der Waals surface area contributed by atoms with E-state index in [1.54, 1.807) is 6.07 Å². The normalized spacial score (nSPS) is 15.8. The molecule has 11 heteroatoms. The second-order valence-corrected chi connectivity index (χ2v) is 8.77. The molecule has 0 aliphatic carbocycles. The van der Waals surface area contributed by atoms with Crippen LogP contribution >= 0.6 is 35.6 Å². The van der Waals surface area contributed by atoms with E-state index in [0.717, 1.165) is 18.1 Å². The van der Waals surface area contributed by atoms with Crippen LogP contribution in [-0.2, 0) is 22.3 Å². The number of halogens is 2. The zero-order valence-corrected chi connectivity index (χ0v) is 20.0. The van der Waals surface area contributed by atoms with Crippen molar-refractivity contribution in [1.82, 2.24) is 19.7 Å². The molecule has 1 fully saturated rings. The number of aliphatic imine (C=N–C) groups is 1. The zero-order chi connectivity index (χ0) is 20.0. The average Bonchev–Trinajstić information content (AvgIpc) is 3.19. The Morgan fingerprint density at radius 2 is 1.97 bits per heavy atom. The molecule has 1 aliphatic rings. The van der Waals surface area contributed by atoms with Crippen LogP contribution in [0.5, 0.6) is 0 Å². The maximum absolute atomic E-state index is 12.6. The molecule has 3 rings (SSSR count). The van der Waals surface area contributed by atoms with Gasteiger partial charge in [-0.05, 0) is 18.6 Å². The van der Waals surface area contributed by atoms with Gasteiger partial charge < -0.3 is 14.7 Å². The highest BCUT2D eigenvalue weighted by Gasteiger charge is 2.29. The largest absolute Gasteiger partial charge is 0.364 e. The zero-order valence-electron chi connectivity index (χ0n) is 16.1. The van der Waals surface area contributed by atoms with Crippen molar-refractivity contribution in [3.8, 4) is 0 Å². The van der Waals surface area contributed by atoms with Gasteiger partial charge in [0.1, 0.15) is 12.0 Å². The highest BCUT2D eigenvalue weighted by molar-refractivity contribution is 14.0. The number of aromatic nitrogens is 1. The molecule has 0 atom stereocenters. The fraction of sp³-hybridized carbons (Fsp3) is 0.444. The Bertz CT molecular complexity index is 900. The Kier molecular flexibility index (Phi) is 9.18. The second kappa shape index (κ2) is 11.1. The first kappa shape index (κ1) is 23.9. The maximum atomic E-state index is 12.6. The topological polar surface area (TPSA) is 91.0 Å². The summed E-state index contributed by atoms with van der Waals surface area (Å²) in [5, 5.41) is 7.65. The molecule has 1 saturated heterocycles. The number of rotatable bonds is 6. The SMILES string of the molecule is CCNC(=NCc1ccccc1Cl)N1CCN(S(=O)(=O)Cc2ccon2)CC1.I. The maximum Gasteiger partial charge on any atom is 0.220 e. The molecule has 1 aromatic heterocycles. The van der Waals surface area contributed by atoms with Gasteiger partial charge in [0.15, 0.2) is 5.96 Å². The summed E-state index contributed by atoms with van der Waals surface area (Å²) < 4.78 is 31.4. The molecule has 0 bridgehead atoms. The van der Waals surface area contributed by atoms with Gasteiger partial charge in [0.05, 0.1) is 12.2 Å². The van der Waals surface area contributed by atoms with Crippen molar-refractivity contribution in [2.75, 3.05) is 32.7 Å². The van der Waals surface area contributed by atoms with Gasteiger partial charge in [0, 0.05) is 43.8 Å². The predicted octanol–water partition coefficient (Wildman–Crippen LogP) is 2.56. The van der Waals surface area contributed by atoms with Gasteiger partial charge >= 0.3 is 0 Å². The van der Waals surface area contributed by atoms with Gasteiger partial charge in [-0.25, -0.2) is 13.4 Å². The predicted molar refractivity (Wildman–Crippen MR) is 124 cm³/mol. The Hall–Kier alpha value is -1.37. The van der Waals surface area contributed by atoms with Crippen LogP contribution in [0.2, 0.25) is 5.02 Å². The van der Waals surface area contributed by atoms with Crippen LogP contribution in [0.3, 0.4) is 0 Å². The molecule has 0 radical (unpaired) electrons. The molecule has 160 valence electrons. The van der Waals surface area contributed by atoms with Crippen LogP contribution in [0.1, 0.15) is 18.2 Å². The van der Waals surface area contributed by atoms with Crippen molar-refractivity contribution in [2.24, 2.45) is 4.99 Å². The molecular formula is C18H25ClIN5O3S. The molecule has 8 nitrogen and oxygen atoms in total. The van der Waals surface area contributed by atoms with Gasteiger partial charge in [-0.3, -0.25) is 0 Å². The summed E-state index contributed by atoms with van der Waals surface area (Å²) in [4.78, 5) is 6.74. The number of guanidine groups is 1. The minimum Gasteiger partial charge on any atom is -0.364 e. The van der Waals surface area contributed by atoms with Gasteiger partial charge in [-0.1, -0.05) is 35.0 Å². The van der Waals surface area contributed by atoms with E-state index >= 15 is 0 Å². The lowest BCUT2D eigenvalue weighted by atomic mass is 10.2. The van der Waals surface area contributed by atoms with Gasteiger partial charge in [-0.15, -0.1) is 24.0 Å². The number of sulfonamides is 1. The first-order valence-corrected chi connectivity index (χ1v) is 11.1. The molecule has 0 saturated carbocycles. The fourth-order valence-electron chi connectivity index (χ4n) is 2.98. The van der Waals surface area contributed by atoms with Crippen molar-refractivity contribution >= 4 is 51.6 Å². The summed E-state index contributed by atoms with van der Waals surface area (Å²) in [5.41, 5.74) is 1.37. The lowest BCUT2D eigenvalue weighted by Crippen LogP contribution is -2.53. The standard InChI is InChI=1S/C18H24ClN5O3S.HI/c1-2-20-18(21-13-15-5-3-4-6-17(15)19)23-8-10-24(11-9-23)28(25,26)14-16-7-12-27-22-16;/h3-7,12H,2,8-11,13-14H2,1H3,(H,20,21);1H. The highest BCUT2D eigenvalue weighted by atomic mass is 127. The van der Waals surface area contributed by atoms with E-state index in [-0.39, 0.29) is 29.7 Å². The van der Waals surface area contributed by atoms with E-state index in [1.807, 2.05) is 31.2 Å². The Balaban J connectivity index is 0.00000300. The van der Waals surface area contributed by atoms with Crippen molar-refractivity contribution in [1.29, 1.82) is 0 Å². The van der Waals surface area contributed by atoms with E-state index in [4.69, 9.17) is 16.1 Å². The third-order valence-corrected chi connectivity index (χ3v) is 6.63. The first-order chi connectivity index (χ1) is 13.5. The van der Waals surface area contributed by atoms with Crippen molar-refractivity contribution in [3.05, 3.63) is 52.9 Å². The number of benzene rings is 1. The number of nitrogens with one attached hydrogen (secondary N) is 1. The molecule has 0 amide bonds. The Morgan fingerprint density at radius 1 is 1.24 bits per heavy atom. The quantitative estimate of drug-likeness (QED) is 0.336. The molecule has 2 aromatic rings. The number of piperazine rings is 1. The van der Waals surface area contributed by atoms with Gasteiger partial charge in [0.2, 0.25) is 10.0 Å². The lowest BCUT2D eigenvalue weighted by Gasteiger charge is -2.35. The summed E-state index contributed by atoms with van der Waals surface area (Å²) in [6, 6.07) is 9.18. The lowest BCUT2D eigenvalue weighted by molar-refractivity contribution is 0.259. The average molecular weight is 554 g/mol. The molecule has 0 spiro atoms. The van der Waals surface area contributed by atoms with Crippen LogP contribution in [0.15, 0.2) is 46.1 Å². The second-order valence-electron chi connectivity index (χ2n) is 6.39. The smallest absolute Gasteiger partial charge is 0.220 e. The van der Waals surface area contributed by atoms with Crippen molar-refractivity contribution < 1.29 is 12.9 Å². The number of hydrogen-bond donors (Lipinski definition) is 1. The minimum atomic E-state index is -3.42. The van der Waals surface area contributed by atoms with Crippen LogP contribution in [0, 0.1) is 0 Å². The molecule has 29 heavy (non-hydrogen) atoms. The summed E-state index contributed by atoms with van der Waals surface area (Å²) >= 11 is 6.21. The number of hydrogen-bond acceptors (Lipinski definition) is 5. The molecular weight excluding hydrogens is 529 g/mol. The van der Waals surface area contributed by atoms with E-state index in [2.05, 4.69) is 20.4 Å². The molecule has 2 heterocycles. The fourth-order valence-corrected chi connectivity index (χ4v) is 4.60. The van der Waals surface area contributed by atoms with E-state index in [9.17, 15) is 8.42 Å². The van der Waals surface area contributed by atoms with Gasteiger partial charge in [-0.2, -0.15) is 4.31 Å². The Labute approximate surface area is 193 Å². The van der Waals surface area contributed by atoms with E-state index in [1.165, 1.54) is 10.6 Å². The third-order valence-electron chi connectivity index (χ3n) is 4.44. The third kappa shape index (κ3) is 6.56. The van der Waals surface area contributed by atoms with E-state index in [0.29, 0.717) is 43.4 Å². The van der Waals surface area contributed by atoms with Crippen LogP contribution < -0.4 is 5.32 Å². The summed E-state index contributed by atoms with van der Waals surface area (Å²) in [6.07, 6.45) is 1.38. The van der Waals surface area contributed by atoms with Crippen molar-refractivity contribution in [3.63, 3.8) is 0 Å². The first-order valence-electron chi connectivity index (χ1n) is 9.13. The van der Waals surface area contributed by atoms with Crippen LogP contribution in [0.4, 0.5) is 0 Å². The molecule has 0 unspecified atom stereocenters. The van der Waals surface area contributed by atoms with Crippen molar-refractivity contribution in [2.45, 2.75) is 19.2 Å². The summed E-state index contributed by atoms with van der Waals surface area (Å²) in [5.74, 6) is 0.612. The monoisotopic (exact) mass is 553 g/mol. The molecule has 1 aromatic carbocycles. The summed E-state index contributed by atoms with van der Waals surface area (Å²) in [6.45, 7) is 5.12. The molecule has 1 aliphatic heterocycles. The number of nitrogens with zero attached hydrogens (tertiary/aromatic N) is 4. The van der Waals surface area contributed by atoms with Gasteiger partial charge in [0.25, 0.3) is 0 Å². The summed E-state index contributed by atoms with van der Waals surface area (Å²) in [7, 11) is -3.42.